The second-order valence-electron chi connectivity index (χ2n) is 5.19. The van der Waals surface area contributed by atoms with Crippen LogP contribution in [0, 0.1) is 5.92 Å². The van der Waals surface area contributed by atoms with Crippen molar-refractivity contribution in [3.05, 3.63) is 34.3 Å². The molecule has 0 amide bonds. The lowest BCUT2D eigenvalue weighted by Gasteiger charge is -2.25. The monoisotopic (exact) mass is 293 g/mol. The second kappa shape index (κ2) is 4.54. The van der Waals surface area contributed by atoms with Crippen molar-refractivity contribution in [2.24, 2.45) is 5.92 Å². The van der Waals surface area contributed by atoms with Crippen LogP contribution in [0.2, 0.25) is 0 Å². The van der Waals surface area contributed by atoms with Gasteiger partial charge < -0.3 is 0 Å². The van der Waals surface area contributed by atoms with Crippen LogP contribution < -0.4 is 0 Å². The first-order valence-electron chi connectivity index (χ1n) is 6.25. The van der Waals surface area contributed by atoms with Crippen molar-refractivity contribution in [3.63, 3.8) is 0 Å². The third kappa shape index (κ3) is 2.31. The molecule has 1 aromatic carbocycles. The molecule has 2 unspecified atom stereocenters. The first-order chi connectivity index (χ1) is 8.22. The summed E-state index contributed by atoms with van der Waals surface area (Å²) >= 11 is 3.39. The summed E-state index contributed by atoms with van der Waals surface area (Å²) in [5.41, 5.74) is 0.830. The van der Waals surface area contributed by atoms with Gasteiger partial charge in [0.15, 0.2) is 5.78 Å². The molecule has 1 aromatic rings. The van der Waals surface area contributed by atoms with Gasteiger partial charge in [-0.1, -0.05) is 28.1 Å². The van der Waals surface area contributed by atoms with Crippen molar-refractivity contribution in [2.45, 2.75) is 25.3 Å². The maximum Gasteiger partial charge on any atom is 0.176 e. The predicted molar refractivity (Wildman–Crippen MR) is 71.2 cm³/mol. The van der Waals surface area contributed by atoms with Crippen LogP contribution in [0.5, 0.6) is 0 Å². The lowest BCUT2D eigenvalue weighted by atomic mass is 10.1. The Bertz CT molecular complexity index is 428. The van der Waals surface area contributed by atoms with E-state index >= 15 is 0 Å². The number of piperidine rings is 1. The zero-order valence-electron chi connectivity index (χ0n) is 9.73. The number of nitrogens with zero attached hydrogens (tertiary/aromatic N) is 1. The predicted octanol–water partition coefficient (Wildman–Crippen LogP) is 3.12. The number of Topliss-reactive ketones (excluding diaryl/α,β-unsaturated/α-hetero) is 1. The third-order valence-corrected chi connectivity index (χ3v) is 4.56. The van der Waals surface area contributed by atoms with Crippen LogP contribution in [0.3, 0.4) is 0 Å². The molecule has 0 aromatic heterocycles. The van der Waals surface area contributed by atoms with Gasteiger partial charge in [-0.05, 0) is 37.3 Å². The van der Waals surface area contributed by atoms with Gasteiger partial charge in [-0.3, -0.25) is 9.69 Å². The molecular weight excluding hydrogens is 278 g/mol. The lowest BCUT2D eigenvalue weighted by Crippen LogP contribution is -2.36. The fourth-order valence-electron chi connectivity index (χ4n) is 3.13. The molecule has 2 atom stereocenters. The molecule has 2 aliphatic rings. The number of carbonyl (C=O) groups excluding carboxylic acids is 1. The Morgan fingerprint density at radius 2 is 2.06 bits per heavy atom. The topological polar surface area (TPSA) is 20.3 Å². The Labute approximate surface area is 110 Å². The molecule has 90 valence electrons. The number of likely N-dealkylation sites (tertiary alicyclic amines) is 1. The van der Waals surface area contributed by atoms with Crippen molar-refractivity contribution < 1.29 is 4.79 Å². The molecule has 2 fully saturated rings. The smallest absolute Gasteiger partial charge is 0.176 e. The first kappa shape index (κ1) is 11.4. The summed E-state index contributed by atoms with van der Waals surface area (Å²) in [6.45, 7) is 1.73. The van der Waals surface area contributed by atoms with Gasteiger partial charge in [-0.15, -0.1) is 0 Å². The van der Waals surface area contributed by atoms with Crippen molar-refractivity contribution in [1.29, 1.82) is 0 Å². The Morgan fingerprint density at radius 3 is 2.65 bits per heavy atom. The van der Waals surface area contributed by atoms with Crippen LogP contribution >= 0.6 is 15.9 Å². The van der Waals surface area contributed by atoms with E-state index in [1.54, 1.807) is 0 Å². The molecule has 17 heavy (non-hydrogen) atoms. The highest BCUT2D eigenvalue weighted by Gasteiger charge is 2.38. The molecule has 1 saturated heterocycles. The minimum Gasteiger partial charge on any atom is -0.293 e. The fraction of sp³-hybridized carbons (Fsp3) is 0.500. The largest absolute Gasteiger partial charge is 0.293 e. The number of fused-ring (bicyclic) bond motifs is 2. The van der Waals surface area contributed by atoms with E-state index in [2.05, 4.69) is 20.8 Å². The molecule has 3 rings (SSSR count). The Balaban J connectivity index is 1.65. The summed E-state index contributed by atoms with van der Waals surface area (Å²) in [6.07, 6.45) is 3.97. The quantitative estimate of drug-likeness (QED) is 0.798. The van der Waals surface area contributed by atoms with E-state index in [1.807, 2.05) is 24.3 Å². The summed E-state index contributed by atoms with van der Waals surface area (Å²) < 4.78 is 1.02. The molecule has 1 saturated carbocycles. The molecule has 3 heteroatoms. The zero-order valence-corrected chi connectivity index (χ0v) is 11.3. The van der Waals surface area contributed by atoms with Crippen LogP contribution in [0.4, 0.5) is 0 Å². The maximum atomic E-state index is 12.1. The first-order valence-corrected chi connectivity index (χ1v) is 7.04. The van der Waals surface area contributed by atoms with Gasteiger partial charge in [0.25, 0.3) is 0 Å². The van der Waals surface area contributed by atoms with Gasteiger partial charge in [-0.25, -0.2) is 0 Å². The fourth-order valence-corrected chi connectivity index (χ4v) is 3.40. The lowest BCUT2D eigenvalue weighted by molar-refractivity contribution is 0.0905. The van der Waals surface area contributed by atoms with E-state index in [0.29, 0.717) is 12.6 Å². The number of halogens is 1. The number of ketones is 1. The number of hydrogen-bond acceptors (Lipinski definition) is 2. The normalized spacial score (nSPS) is 27.6. The van der Waals surface area contributed by atoms with Crippen molar-refractivity contribution >= 4 is 21.7 Å². The molecule has 1 aliphatic heterocycles. The number of hydrogen-bond donors (Lipinski definition) is 0. The summed E-state index contributed by atoms with van der Waals surface area (Å²) in [6, 6.07) is 8.35. The van der Waals surface area contributed by atoms with Crippen LogP contribution in [-0.2, 0) is 0 Å². The van der Waals surface area contributed by atoms with Gasteiger partial charge in [0.05, 0.1) is 6.54 Å². The van der Waals surface area contributed by atoms with Gasteiger partial charge in [0.2, 0.25) is 0 Å². The maximum absolute atomic E-state index is 12.1. The van der Waals surface area contributed by atoms with E-state index in [9.17, 15) is 4.79 Å². The van der Waals surface area contributed by atoms with Crippen molar-refractivity contribution in [1.82, 2.24) is 4.90 Å². The molecule has 1 heterocycles. The average Bonchev–Trinajstić information content (AvgIpc) is 2.91. The molecule has 0 N–H and O–H groups in total. The van der Waals surface area contributed by atoms with Gasteiger partial charge in [-0.2, -0.15) is 0 Å². The van der Waals surface area contributed by atoms with E-state index in [-0.39, 0.29) is 5.78 Å². The third-order valence-electron chi connectivity index (χ3n) is 4.04. The number of benzene rings is 1. The average molecular weight is 294 g/mol. The van der Waals surface area contributed by atoms with Crippen molar-refractivity contribution in [3.8, 4) is 0 Å². The number of rotatable bonds is 3. The minimum absolute atomic E-state index is 0.255. The molecule has 2 nitrogen and oxygen atoms in total. The van der Waals surface area contributed by atoms with Crippen LogP contribution in [-0.4, -0.2) is 29.8 Å². The second-order valence-corrected chi connectivity index (χ2v) is 6.11. The van der Waals surface area contributed by atoms with Crippen LogP contribution in [0.15, 0.2) is 28.7 Å². The summed E-state index contributed by atoms with van der Waals surface area (Å²) in [5.74, 6) is 1.11. The standard InChI is InChI=1S/C14H16BrNO/c15-12-4-2-11(3-5-12)14(17)9-16-8-10-1-6-13(16)7-10/h2-5,10,13H,1,6-9H2. The van der Waals surface area contributed by atoms with Crippen molar-refractivity contribution in [2.75, 3.05) is 13.1 Å². The summed E-state index contributed by atoms with van der Waals surface area (Å²) in [5, 5.41) is 0. The number of carbonyl (C=O) groups is 1. The van der Waals surface area contributed by atoms with Gasteiger partial charge in [0, 0.05) is 22.6 Å². The molecular formula is C14H16BrNO. The SMILES string of the molecule is O=C(CN1CC2CCC1C2)c1ccc(Br)cc1. The van der Waals surface area contributed by atoms with E-state index in [1.165, 1.54) is 19.3 Å². The zero-order chi connectivity index (χ0) is 11.8. The highest BCUT2D eigenvalue weighted by molar-refractivity contribution is 9.10. The van der Waals surface area contributed by atoms with Crippen LogP contribution in [0.1, 0.15) is 29.6 Å². The molecule has 0 radical (unpaired) electrons. The Kier molecular flexibility index (Phi) is 3.05. The van der Waals surface area contributed by atoms with Gasteiger partial charge >= 0.3 is 0 Å². The highest BCUT2D eigenvalue weighted by atomic mass is 79.9. The highest BCUT2D eigenvalue weighted by Crippen LogP contribution is 2.37. The minimum atomic E-state index is 0.255. The molecule has 0 spiro atoms. The molecule has 1 aliphatic carbocycles. The molecule has 2 bridgehead atoms. The van der Waals surface area contributed by atoms with E-state index < -0.39 is 0 Å². The Morgan fingerprint density at radius 1 is 1.29 bits per heavy atom. The van der Waals surface area contributed by atoms with Gasteiger partial charge in [0.1, 0.15) is 0 Å². The van der Waals surface area contributed by atoms with E-state index in [0.717, 1.165) is 22.5 Å². The van der Waals surface area contributed by atoms with E-state index in [4.69, 9.17) is 0 Å². The summed E-state index contributed by atoms with van der Waals surface area (Å²) in [4.78, 5) is 14.5. The Hall–Kier alpha value is -0.670. The van der Waals surface area contributed by atoms with Crippen LogP contribution in [0.25, 0.3) is 0 Å². The summed E-state index contributed by atoms with van der Waals surface area (Å²) in [7, 11) is 0.